The third kappa shape index (κ3) is 4.92. The van der Waals surface area contributed by atoms with E-state index in [1.54, 1.807) is 23.1 Å². The van der Waals surface area contributed by atoms with Crippen molar-refractivity contribution in [1.82, 2.24) is 14.8 Å². The van der Waals surface area contributed by atoms with Gasteiger partial charge in [0.05, 0.1) is 11.6 Å². The van der Waals surface area contributed by atoms with Gasteiger partial charge in [-0.2, -0.15) is 13.2 Å². The number of alkyl halides is 3. The van der Waals surface area contributed by atoms with Gasteiger partial charge in [-0.1, -0.05) is 24.3 Å². The van der Waals surface area contributed by atoms with E-state index in [9.17, 15) is 22.8 Å². The molecule has 154 valence electrons. The topological polar surface area (TPSA) is 79.5 Å². The number of rotatable bonds is 4. The van der Waals surface area contributed by atoms with Crippen LogP contribution in [0.3, 0.4) is 0 Å². The van der Waals surface area contributed by atoms with E-state index < -0.39 is 23.7 Å². The van der Waals surface area contributed by atoms with Crippen molar-refractivity contribution in [2.45, 2.75) is 18.6 Å². The number of nitrogens with two attached hydrogens (primary N) is 1. The van der Waals surface area contributed by atoms with Gasteiger partial charge in [0.25, 0.3) is 5.91 Å². The quantitative estimate of drug-likeness (QED) is 0.842. The largest absolute Gasteiger partial charge is 0.416 e. The van der Waals surface area contributed by atoms with Gasteiger partial charge >= 0.3 is 6.18 Å². The Balaban J connectivity index is 1.59. The molecule has 6 nitrogen and oxygen atoms in total. The lowest BCUT2D eigenvalue weighted by Crippen LogP contribution is -2.54. The smallest absolute Gasteiger partial charge is 0.338 e. The zero-order chi connectivity index (χ0) is 21.0. The van der Waals surface area contributed by atoms with Crippen molar-refractivity contribution >= 4 is 11.8 Å². The number of hydrogen-bond acceptors (Lipinski definition) is 4. The van der Waals surface area contributed by atoms with Crippen molar-refractivity contribution in [3.63, 3.8) is 0 Å². The highest BCUT2D eigenvalue weighted by atomic mass is 19.4. The molecule has 29 heavy (non-hydrogen) atoms. The minimum Gasteiger partial charge on any atom is -0.338 e. The third-order valence-corrected chi connectivity index (χ3v) is 4.84. The number of pyridine rings is 1. The van der Waals surface area contributed by atoms with E-state index in [2.05, 4.69) is 4.98 Å². The maximum absolute atomic E-state index is 13.1. The zero-order valence-corrected chi connectivity index (χ0v) is 15.6. The molecule has 0 saturated carbocycles. The van der Waals surface area contributed by atoms with Gasteiger partial charge in [-0.25, -0.2) is 0 Å². The number of benzene rings is 1. The molecule has 0 radical (unpaired) electrons. The van der Waals surface area contributed by atoms with Crippen LogP contribution in [0.4, 0.5) is 13.2 Å². The second-order valence-corrected chi connectivity index (χ2v) is 6.80. The lowest BCUT2D eigenvalue weighted by atomic mass is 9.99. The molecule has 2 aromatic rings. The first-order chi connectivity index (χ1) is 13.8. The van der Waals surface area contributed by atoms with Gasteiger partial charge in [0.2, 0.25) is 5.91 Å². The van der Waals surface area contributed by atoms with E-state index >= 15 is 0 Å². The van der Waals surface area contributed by atoms with Gasteiger partial charge in [-0.3, -0.25) is 14.6 Å². The standard InChI is InChI=1S/C20H21F3N4O2/c21-20(22,23)15-6-2-1-5-14(15)13-16(24)18(28)26-9-11-27(12-10-26)19(29)17-7-3-4-8-25-17/h1-8,16H,9-13,24H2. The molecule has 0 spiro atoms. The molecule has 1 aliphatic rings. The Labute approximate surface area is 166 Å². The molecule has 0 aliphatic carbocycles. The first kappa shape index (κ1) is 20.8. The highest BCUT2D eigenvalue weighted by molar-refractivity contribution is 5.92. The minimum atomic E-state index is -4.50. The van der Waals surface area contributed by atoms with Crippen molar-refractivity contribution in [1.29, 1.82) is 0 Å². The lowest BCUT2D eigenvalue weighted by Gasteiger charge is -2.35. The van der Waals surface area contributed by atoms with Crippen molar-refractivity contribution in [3.8, 4) is 0 Å². The highest BCUT2D eigenvalue weighted by Gasteiger charge is 2.34. The summed E-state index contributed by atoms with van der Waals surface area (Å²) in [7, 11) is 0. The fraction of sp³-hybridized carbons (Fsp3) is 0.350. The van der Waals surface area contributed by atoms with E-state index in [4.69, 9.17) is 5.73 Å². The summed E-state index contributed by atoms with van der Waals surface area (Å²) in [6, 6.07) is 9.07. The average Bonchev–Trinajstić information content (AvgIpc) is 2.73. The number of amides is 2. The minimum absolute atomic E-state index is 0.00943. The van der Waals surface area contributed by atoms with Crippen LogP contribution in [0.25, 0.3) is 0 Å². The monoisotopic (exact) mass is 406 g/mol. The number of piperazine rings is 1. The molecule has 1 aromatic carbocycles. The summed E-state index contributed by atoms with van der Waals surface area (Å²) >= 11 is 0. The van der Waals surface area contributed by atoms with E-state index in [1.165, 1.54) is 29.3 Å². The average molecular weight is 406 g/mol. The SMILES string of the molecule is NC(Cc1ccccc1C(F)(F)F)C(=O)N1CCN(C(=O)c2ccccn2)CC1. The van der Waals surface area contributed by atoms with Crippen molar-refractivity contribution < 1.29 is 22.8 Å². The number of carbonyl (C=O) groups excluding carboxylic acids is 2. The predicted octanol–water partition coefficient (Wildman–Crippen LogP) is 1.95. The Bertz CT molecular complexity index is 866. The molecule has 1 atom stereocenters. The van der Waals surface area contributed by atoms with E-state index in [1.807, 2.05) is 0 Å². The van der Waals surface area contributed by atoms with Gasteiger partial charge in [0, 0.05) is 32.4 Å². The first-order valence-corrected chi connectivity index (χ1v) is 9.17. The number of hydrogen-bond donors (Lipinski definition) is 1. The fourth-order valence-electron chi connectivity index (χ4n) is 3.31. The molecular weight excluding hydrogens is 385 g/mol. The van der Waals surface area contributed by atoms with Crippen LogP contribution >= 0.6 is 0 Å². The number of halogens is 3. The normalized spacial score (nSPS) is 15.9. The summed E-state index contributed by atoms with van der Waals surface area (Å²) in [4.78, 5) is 32.1. The molecule has 0 bridgehead atoms. The maximum atomic E-state index is 13.1. The number of carbonyl (C=O) groups is 2. The Kier molecular flexibility index (Phi) is 6.17. The van der Waals surface area contributed by atoms with Crippen LogP contribution in [-0.4, -0.2) is 58.8 Å². The molecule has 1 aliphatic heterocycles. The van der Waals surface area contributed by atoms with Crippen LogP contribution in [0.2, 0.25) is 0 Å². The molecule has 1 fully saturated rings. The molecule has 1 saturated heterocycles. The van der Waals surface area contributed by atoms with Crippen LogP contribution < -0.4 is 5.73 Å². The summed E-state index contributed by atoms with van der Waals surface area (Å²) < 4.78 is 39.4. The summed E-state index contributed by atoms with van der Waals surface area (Å²) in [5.74, 6) is -0.645. The van der Waals surface area contributed by atoms with Crippen LogP contribution in [0.15, 0.2) is 48.7 Å². The van der Waals surface area contributed by atoms with Crippen molar-refractivity contribution in [2.75, 3.05) is 26.2 Å². The van der Waals surface area contributed by atoms with E-state index in [0.29, 0.717) is 18.8 Å². The third-order valence-electron chi connectivity index (χ3n) is 4.84. The number of aromatic nitrogens is 1. The van der Waals surface area contributed by atoms with Gasteiger partial charge < -0.3 is 15.5 Å². The van der Waals surface area contributed by atoms with Gasteiger partial charge in [-0.15, -0.1) is 0 Å². The molecule has 1 aromatic heterocycles. The van der Waals surface area contributed by atoms with Gasteiger partial charge in [0.1, 0.15) is 5.69 Å². The van der Waals surface area contributed by atoms with Crippen molar-refractivity contribution in [2.24, 2.45) is 5.73 Å². The van der Waals surface area contributed by atoms with Gasteiger partial charge in [0.15, 0.2) is 0 Å². The lowest BCUT2D eigenvalue weighted by molar-refractivity contribution is -0.139. The van der Waals surface area contributed by atoms with Crippen LogP contribution in [0, 0.1) is 0 Å². The Morgan fingerprint density at radius 1 is 1.00 bits per heavy atom. The van der Waals surface area contributed by atoms with Gasteiger partial charge in [-0.05, 0) is 30.2 Å². The fourth-order valence-corrected chi connectivity index (χ4v) is 3.31. The Morgan fingerprint density at radius 2 is 1.62 bits per heavy atom. The van der Waals surface area contributed by atoms with E-state index in [-0.39, 0.29) is 31.0 Å². The van der Waals surface area contributed by atoms with Crippen LogP contribution in [-0.2, 0) is 17.4 Å². The highest BCUT2D eigenvalue weighted by Crippen LogP contribution is 2.32. The maximum Gasteiger partial charge on any atom is 0.416 e. The van der Waals surface area contributed by atoms with E-state index in [0.717, 1.165) is 6.07 Å². The zero-order valence-electron chi connectivity index (χ0n) is 15.6. The predicted molar refractivity (Wildman–Crippen MR) is 99.8 cm³/mol. The second kappa shape index (κ2) is 8.60. The molecular formula is C20H21F3N4O2. The second-order valence-electron chi connectivity index (χ2n) is 6.80. The van der Waals surface area contributed by atoms with Crippen LogP contribution in [0.5, 0.6) is 0 Å². The first-order valence-electron chi connectivity index (χ1n) is 9.17. The molecule has 3 rings (SSSR count). The summed E-state index contributed by atoms with van der Waals surface area (Å²) in [6.07, 6.45) is -3.18. The molecule has 2 amide bonds. The summed E-state index contributed by atoms with van der Waals surface area (Å²) in [5.41, 5.74) is 5.46. The molecule has 2 heterocycles. The van der Waals surface area contributed by atoms with Crippen LogP contribution in [0.1, 0.15) is 21.6 Å². The molecule has 2 N–H and O–H groups in total. The molecule has 9 heteroatoms. The number of nitrogens with zero attached hydrogens (tertiary/aromatic N) is 3. The Hall–Kier alpha value is -2.94. The molecule has 1 unspecified atom stereocenters. The van der Waals surface area contributed by atoms with Crippen molar-refractivity contribution in [3.05, 3.63) is 65.5 Å². The summed E-state index contributed by atoms with van der Waals surface area (Å²) in [6.45, 7) is 1.16. The summed E-state index contributed by atoms with van der Waals surface area (Å²) in [5, 5.41) is 0. The Morgan fingerprint density at radius 3 is 2.24 bits per heavy atom.